The molecule has 0 atom stereocenters. The van der Waals surface area contributed by atoms with Crippen molar-refractivity contribution in [3.8, 4) is 0 Å². The molecule has 30 heavy (non-hydrogen) atoms. The molecule has 1 aliphatic rings. The highest BCUT2D eigenvalue weighted by molar-refractivity contribution is 7.88. The lowest BCUT2D eigenvalue weighted by Crippen LogP contribution is -2.41. The van der Waals surface area contributed by atoms with Crippen molar-refractivity contribution in [2.75, 3.05) is 25.0 Å². The van der Waals surface area contributed by atoms with Crippen molar-refractivity contribution >= 4 is 27.6 Å². The van der Waals surface area contributed by atoms with Crippen LogP contribution in [0.4, 0.5) is 5.69 Å². The molecule has 0 aromatic heterocycles. The first-order valence-corrected chi connectivity index (χ1v) is 11.6. The maximum atomic E-state index is 12.6. The van der Waals surface area contributed by atoms with Crippen LogP contribution in [0.1, 0.15) is 35.7 Å². The van der Waals surface area contributed by atoms with E-state index < -0.39 is 16.0 Å². The molecule has 0 radical (unpaired) electrons. The van der Waals surface area contributed by atoms with E-state index in [9.17, 15) is 18.0 Å². The molecule has 1 fully saturated rings. The van der Waals surface area contributed by atoms with Crippen LogP contribution in [0.15, 0.2) is 54.6 Å². The maximum absolute atomic E-state index is 12.6. The summed E-state index contributed by atoms with van der Waals surface area (Å²) in [5.74, 6) is -0.825. The van der Waals surface area contributed by atoms with E-state index in [1.54, 1.807) is 43.3 Å². The molecule has 0 unspecified atom stereocenters. The van der Waals surface area contributed by atoms with Crippen molar-refractivity contribution < 1.29 is 22.7 Å². The van der Waals surface area contributed by atoms with Gasteiger partial charge in [0.15, 0.2) is 0 Å². The number of amides is 1. The van der Waals surface area contributed by atoms with Crippen molar-refractivity contribution in [3.05, 3.63) is 65.7 Å². The second-order valence-corrected chi connectivity index (χ2v) is 9.17. The molecule has 1 N–H and O–H groups in total. The molecule has 160 valence electrons. The van der Waals surface area contributed by atoms with Crippen LogP contribution in [0.2, 0.25) is 0 Å². The molecular formula is C22H26N2O5S. The number of anilines is 1. The molecule has 1 saturated heterocycles. The van der Waals surface area contributed by atoms with Gasteiger partial charge in [-0.15, -0.1) is 0 Å². The Labute approximate surface area is 177 Å². The third kappa shape index (κ3) is 5.67. The average molecular weight is 431 g/mol. The lowest BCUT2D eigenvalue weighted by Gasteiger charge is -2.30. The van der Waals surface area contributed by atoms with E-state index in [4.69, 9.17) is 4.74 Å². The number of esters is 1. The van der Waals surface area contributed by atoms with Crippen molar-refractivity contribution in [1.29, 1.82) is 0 Å². The van der Waals surface area contributed by atoms with Crippen LogP contribution in [0.3, 0.4) is 0 Å². The van der Waals surface area contributed by atoms with E-state index in [0.717, 1.165) is 5.56 Å². The molecule has 1 heterocycles. The fraction of sp³-hybridized carbons (Fsp3) is 0.364. The van der Waals surface area contributed by atoms with E-state index in [0.29, 0.717) is 43.8 Å². The molecule has 0 saturated carbocycles. The summed E-state index contributed by atoms with van der Waals surface area (Å²) in [5, 5.41) is 2.84. The largest absolute Gasteiger partial charge is 0.462 e. The number of hydrogen-bond acceptors (Lipinski definition) is 5. The van der Waals surface area contributed by atoms with Gasteiger partial charge in [0.05, 0.1) is 17.9 Å². The Hall–Kier alpha value is -2.71. The molecule has 1 aliphatic heterocycles. The number of rotatable bonds is 7. The number of nitrogens with zero attached hydrogens (tertiary/aromatic N) is 1. The number of carbonyl (C=O) groups excluding carboxylic acids is 2. The van der Waals surface area contributed by atoms with Crippen LogP contribution in [-0.4, -0.2) is 44.3 Å². The highest BCUT2D eigenvalue weighted by atomic mass is 32.2. The molecule has 0 bridgehead atoms. The second-order valence-electron chi connectivity index (χ2n) is 7.20. The van der Waals surface area contributed by atoms with Gasteiger partial charge in [0.1, 0.15) is 0 Å². The zero-order chi connectivity index (χ0) is 21.6. The molecule has 2 aromatic carbocycles. The van der Waals surface area contributed by atoms with Gasteiger partial charge in [-0.1, -0.05) is 30.3 Å². The van der Waals surface area contributed by atoms with Gasteiger partial charge in [0, 0.05) is 24.7 Å². The number of piperidine rings is 1. The topological polar surface area (TPSA) is 92.8 Å². The number of sulfonamides is 1. The molecular weight excluding hydrogens is 404 g/mol. The normalized spacial score (nSPS) is 15.5. The lowest BCUT2D eigenvalue weighted by atomic mass is 9.97. The second kappa shape index (κ2) is 9.86. The summed E-state index contributed by atoms with van der Waals surface area (Å²) in [5.41, 5.74) is 1.77. The predicted molar refractivity (Wildman–Crippen MR) is 114 cm³/mol. The first-order chi connectivity index (χ1) is 14.4. The van der Waals surface area contributed by atoms with Crippen molar-refractivity contribution in [3.63, 3.8) is 0 Å². The van der Waals surface area contributed by atoms with E-state index in [1.807, 2.05) is 18.2 Å². The van der Waals surface area contributed by atoms with Crippen LogP contribution in [0.25, 0.3) is 0 Å². The Morgan fingerprint density at radius 3 is 2.27 bits per heavy atom. The minimum atomic E-state index is -3.40. The van der Waals surface area contributed by atoms with E-state index in [1.165, 1.54) is 4.31 Å². The summed E-state index contributed by atoms with van der Waals surface area (Å²) in [6.45, 7) is 2.70. The molecule has 2 aromatic rings. The van der Waals surface area contributed by atoms with Crippen LogP contribution in [0, 0.1) is 5.92 Å². The van der Waals surface area contributed by atoms with Crippen LogP contribution < -0.4 is 5.32 Å². The summed E-state index contributed by atoms with van der Waals surface area (Å²) in [6.07, 6.45) is 0.946. The smallest absolute Gasteiger partial charge is 0.338 e. The molecule has 3 rings (SSSR count). The van der Waals surface area contributed by atoms with E-state index >= 15 is 0 Å². The SMILES string of the molecule is CCOC(=O)c1ccc(NC(=O)C2CCN(S(=O)(=O)Cc3ccccc3)CC2)cc1. The summed E-state index contributed by atoms with van der Waals surface area (Å²) in [4.78, 5) is 24.3. The fourth-order valence-electron chi connectivity index (χ4n) is 3.42. The van der Waals surface area contributed by atoms with Crippen molar-refractivity contribution in [2.24, 2.45) is 5.92 Å². The van der Waals surface area contributed by atoms with Gasteiger partial charge in [-0.25, -0.2) is 17.5 Å². The Bertz CT molecular complexity index is 966. The van der Waals surface area contributed by atoms with Gasteiger partial charge >= 0.3 is 5.97 Å². The minimum absolute atomic E-state index is 0.0302. The fourth-order valence-corrected chi connectivity index (χ4v) is 4.98. The van der Waals surface area contributed by atoms with Crippen molar-refractivity contribution in [2.45, 2.75) is 25.5 Å². The lowest BCUT2D eigenvalue weighted by molar-refractivity contribution is -0.120. The zero-order valence-corrected chi connectivity index (χ0v) is 17.7. The Kier molecular flexibility index (Phi) is 7.23. The number of ether oxygens (including phenoxy) is 1. The first kappa shape index (κ1) is 22.0. The molecule has 7 nitrogen and oxygen atoms in total. The number of carbonyl (C=O) groups is 2. The van der Waals surface area contributed by atoms with Gasteiger partial charge in [0.2, 0.25) is 15.9 Å². The third-order valence-electron chi connectivity index (χ3n) is 5.07. The van der Waals surface area contributed by atoms with E-state index in [2.05, 4.69) is 5.32 Å². The summed E-state index contributed by atoms with van der Waals surface area (Å²) in [7, 11) is -3.40. The van der Waals surface area contributed by atoms with Gasteiger partial charge in [-0.2, -0.15) is 0 Å². The molecule has 1 amide bonds. The van der Waals surface area contributed by atoms with Gasteiger partial charge < -0.3 is 10.1 Å². The van der Waals surface area contributed by atoms with Crippen molar-refractivity contribution in [1.82, 2.24) is 4.31 Å². The summed E-state index contributed by atoms with van der Waals surface area (Å²) in [6, 6.07) is 15.6. The molecule has 0 aliphatic carbocycles. The van der Waals surface area contributed by atoms with Crippen LogP contribution in [-0.2, 0) is 25.3 Å². The Morgan fingerprint density at radius 1 is 1.03 bits per heavy atom. The number of nitrogens with one attached hydrogen (secondary N) is 1. The van der Waals surface area contributed by atoms with Gasteiger partial charge in [0.25, 0.3) is 0 Å². The van der Waals surface area contributed by atoms with Crippen LogP contribution in [0.5, 0.6) is 0 Å². The molecule has 0 spiro atoms. The summed E-state index contributed by atoms with van der Waals surface area (Å²) < 4.78 is 31.7. The van der Waals surface area contributed by atoms with E-state index in [-0.39, 0.29) is 17.6 Å². The predicted octanol–water partition coefficient (Wildman–Crippen LogP) is 3.04. The standard InChI is InChI=1S/C22H26N2O5S/c1-2-29-22(26)19-8-10-20(11-9-19)23-21(25)18-12-14-24(15-13-18)30(27,28)16-17-6-4-3-5-7-17/h3-11,18H,2,12-16H2,1H3,(H,23,25). The zero-order valence-electron chi connectivity index (χ0n) is 16.9. The molecule has 8 heteroatoms. The van der Waals surface area contributed by atoms with Crippen LogP contribution >= 0.6 is 0 Å². The third-order valence-corrected chi connectivity index (χ3v) is 6.92. The maximum Gasteiger partial charge on any atom is 0.338 e. The Balaban J connectivity index is 1.52. The minimum Gasteiger partial charge on any atom is -0.462 e. The highest BCUT2D eigenvalue weighted by Crippen LogP contribution is 2.23. The van der Waals surface area contributed by atoms with Gasteiger partial charge in [-0.05, 0) is 49.6 Å². The average Bonchev–Trinajstić information content (AvgIpc) is 2.75. The highest BCUT2D eigenvalue weighted by Gasteiger charge is 2.31. The number of benzene rings is 2. The Morgan fingerprint density at radius 2 is 1.67 bits per heavy atom. The van der Waals surface area contributed by atoms with Gasteiger partial charge in [-0.3, -0.25) is 4.79 Å². The quantitative estimate of drug-likeness (QED) is 0.682. The summed E-state index contributed by atoms with van der Waals surface area (Å²) >= 11 is 0. The number of hydrogen-bond donors (Lipinski definition) is 1. The first-order valence-electron chi connectivity index (χ1n) is 9.99. The monoisotopic (exact) mass is 430 g/mol.